The van der Waals surface area contributed by atoms with Crippen molar-refractivity contribution < 1.29 is 50.9 Å². The predicted octanol–water partition coefficient (Wildman–Crippen LogP) is 2.69. The number of aromatic nitrogens is 5. The summed E-state index contributed by atoms with van der Waals surface area (Å²) in [4.78, 5) is 26.1. The van der Waals surface area contributed by atoms with Gasteiger partial charge >= 0.3 is 24.3 Å². The summed E-state index contributed by atoms with van der Waals surface area (Å²) < 4.78 is 71.4. The summed E-state index contributed by atoms with van der Waals surface area (Å²) in [5, 5.41) is 26.2. The van der Waals surface area contributed by atoms with Crippen LogP contribution in [0.15, 0.2) is 48.9 Å². The van der Waals surface area contributed by atoms with Gasteiger partial charge in [0.05, 0.1) is 30.6 Å². The number of nitrogens with zero attached hydrogens (tertiary/aromatic N) is 5. The molecule has 4 heterocycles. The Labute approximate surface area is 210 Å². The molecule has 0 saturated carbocycles. The topological polar surface area (TPSA) is 152 Å². The van der Waals surface area contributed by atoms with E-state index in [1.165, 1.54) is 0 Å². The highest BCUT2D eigenvalue weighted by Crippen LogP contribution is 2.24. The van der Waals surface area contributed by atoms with Crippen molar-refractivity contribution in [1.29, 1.82) is 0 Å². The van der Waals surface area contributed by atoms with Gasteiger partial charge in [0.25, 0.3) is 0 Å². The number of carboxylic acids is 2. The Balaban J connectivity index is 0.000000301. The summed E-state index contributed by atoms with van der Waals surface area (Å²) in [5.74, 6) is -5.51. The molecule has 3 N–H and O–H groups in total. The van der Waals surface area contributed by atoms with Crippen LogP contribution in [0.3, 0.4) is 0 Å². The zero-order valence-corrected chi connectivity index (χ0v) is 19.1. The van der Waals surface area contributed by atoms with Crippen LogP contribution >= 0.6 is 0 Å². The van der Waals surface area contributed by atoms with E-state index in [4.69, 9.17) is 24.5 Å². The summed E-state index contributed by atoms with van der Waals surface area (Å²) in [6.45, 7) is 2.69. The SMILES string of the molecule is O=C(O)C(F)(F)F.O=C(O)C(F)(F)F.c1ccc(CNCC2Cn3nnc(-c4ccncc4)c3CO2)nc1. The molecule has 17 heteroatoms. The van der Waals surface area contributed by atoms with E-state index in [9.17, 15) is 26.3 Å². The van der Waals surface area contributed by atoms with Crippen LogP contribution in [0, 0.1) is 0 Å². The number of nitrogens with one attached hydrogen (secondary N) is 1. The average Bonchev–Trinajstić information content (AvgIpc) is 3.28. The Morgan fingerprint density at radius 2 is 1.61 bits per heavy atom. The molecule has 0 spiro atoms. The number of hydrogen-bond donors (Lipinski definition) is 3. The van der Waals surface area contributed by atoms with Gasteiger partial charge in [-0.1, -0.05) is 11.3 Å². The van der Waals surface area contributed by atoms with Gasteiger partial charge < -0.3 is 20.3 Å². The second kappa shape index (κ2) is 13.4. The molecule has 38 heavy (non-hydrogen) atoms. The second-order valence-corrected chi connectivity index (χ2v) is 7.29. The first-order chi connectivity index (χ1) is 17.8. The van der Waals surface area contributed by atoms with Crippen molar-refractivity contribution in [2.75, 3.05) is 6.54 Å². The molecule has 206 valence electrons. The molecule has 0 aromatic carbocycles. The van der Waals surface area contributed by atoms with Gasteiger partial charge in [-0.15, -0.1) is 5.10 Å². The lowest BCUT2D eigenvalue weighted by Gasteiger charge is -2.24. The van der Waals surface area contributed by atoms with Crippen LogP contribution in [0.2, 0.25) is 0 Å². The number of ether oxygens (including phenoxy) is 1. The standard InChI is InChI=1S/C17H18N6O.2C2HF3O2/c1-2-6-20-14(3-1)9-19-10-15-11-23-16(12-24-15)17(21-22-23)13-4-7-18-8-5-13;2*3-2(4,5)1(6)7/h1-8,15,19H,9-12H2;2*(H,6,7). The van der Waals surface area contributed by atoms with Gasteiger partial charge in [-0.2, -0.15) is 26.3 Å². The third-order valence-electron chi connectivity index (χ3n) is 4.51. The Kier molecular flexibility index (Phi) is 10.6. The van der Waals surface area contributed by atoms with E-state index in [1.54, 1.807) is 18.6 Å². The number of alkyl halides is 6. The van der Waals surface area contributed by atoms with Crippen LogP contribution < -0.4 is 5.32 Å². The second-order valence-electron chi connectivity index (χ2n) is 7.29. The zero-order valence-electron chi connectivity index (χ0n) is 19.1. The van der Waals surface area contributed by atoms with E-state index >= 15 is 0 Å². The van der Waals surface area contributed by atoms with Crippen molar-refractivity contribution >= 4 is 11.9 Å². The maximum Gasteiger partial charge on any atom is 0.490 e. The van der Waals surface area contributed by atoms with Gasteiger partial charge in [0.1, 0.15) is 5.69 Å². The lowest BCUT2D eigenvalue weighted by atomic mass is 10.1. The number of aliphatic carboxylic acids is 2. The molecule has 0 saturated heterocycles. The number of halogens is 6. The molecule has 1 aliphatic rings. The smallest absolute Gasteiger partial charge is 0.475 e. The van der Waals surface area contributed by atoms with Crippen molar-refractivity contribution in [2.24, 2.45) is 0 Å². The lowest BCUT2D eigenvalue weighted by Crippen LogP contribution is -2.36. The third kappa shape index (κ3) is 9.74. The molecule has 1 atom stereocenters. The van der Waals surface area contributed by atoms with E-state index < -0.39 is 24.3 Å². The maximum atomic E-state index is 10.6. The van der Waals surface area contributed by atoms with Gasteiger partial charge in [0.2, 0.25) is 0 Å². The van der Waals surface area contributed by atoms with Gasteiger partial charge in [0, 0.05) is 37.2 Å². The van der Waals surface area contributed by atoms with E-state index in [0.29, 0.717) is 13.2 Å². The van der Waals surface area contributed by atoms with Gasteiger partial charge in [-0.25, -0.2) is 14.3 Å². The average molecular weight is 550 g/mol. The molecule has 4 rings (SSSR count). The highest BCUT2D eigenvalue weighted by atomic mass is 19.4. The fourth-order valence-corrected chi connectivity index (χ4v) is 2.79. The summed E-state index contributed by atoms with van der Waals surface area (Å²) >= 11 is 0. The van der Waals surface area contributed by atoms with Crippen LogP contribution in [0.25, 0.3) is 11.3 Å². The van der Waals surface area contributed by atoms with Crippen LogP contribution in [-0.4, -0.2) is 72.1 Å². The third-order valence-corrected chi connectivity index (χ3v) is 4.51. The molecule has 0 bridgehead atoms. The van der Waals surface area contributed by atoms with Crippen molar-refractivity contribution in [3.05, 3.63) is 60.3 Å². The van der Waals surface area contributed by atoms with Crippen LogP contribution in [-0.2, 0) is 34.0 Å². The Bertz CT molecular complexity index is 1150. The Morgan fingerprint density at radius 1 is 1.00 bits per heavy atom. The molecule has 1 unspecified atom stereocenters. The minimum Gasteiger partial charge on any atom is -0.475 e. The highest BCUT2D eigenvalue weighted by Gasteiger charge is 2.38. The zero-order chi connectivity index (χ0) is 28.3. The number of carbonyl (C=O) groups is 2. The number of carboxylic acid groups (broad SMARTS) is 2. The van der Waals surface area contributed by atoms with Crippen LogP contribution in [0.4, 0.5) is 26.3 Å². The highest BCUT2D eigenvalue weighted by molar-refractivity contribution is 5.73. The van der Waals surface area contributed by atoms with Gasteiger partial charge in [-0.05, 0) is 24.3 Å². The molecule has 0 fully saturated rings. The quantitative estimate of drug-likeness (QED) is 0.404. The fraction of sp³-hybridized carbons (Fsp3) is 0.333. The number of fused-ring (bicyclic) bond motifs is 1. The van der Waals surface area contributed by atoms with E-state index in [2.05, 4.69) is 25.6 Å². The number of hydrogen-bond acceptors (Lipinski definition) is 8. The number of pyridine rings is 2. The van der Waals surface area contributed by atoms with Crippen LogP contribution in [0.1, 0.15) is 11.4 Å². The van der Waals surface area contributed by atoms with Crippen LogP contribution in [0.5, 0.6) is 0 Å². The minimum atomic E-state index is -5.08. The van der Waals surface area contributed by atoms with Crippen molar-refractivity contribution in [1.82, 2.24) is 30.3 Å². The molecule has 11 nitrogen and oxygen atoms in total. The largest absolute Gasteiger partial charge is 0.490 e. The van der Waals surface area contributed by atoms with Crippen molar-refractivity contribution in [2.45, 2.75) is 38.2 Å². The molecule has 0 amide bonds. The van der Waals surface area contributed by atoms with Gasteiger partial charge in [0.15, 0.2) is 0 Å². The molecule has 3 aromatic rings. The summed E-state index contributed by atoms with van der Waals surface area (Å²) in [6.07, 6.45) is -4.77. The summed E-state index contributed by atoms with van der Waals surface area (Å²) in [7, 11) is 0. The monoisotopic (exact) mass is 550 g/mol. The van der Waals surface area contributed by atoms with Crippen molar-refractivity contribution in [3.63, 3.8) is 0 Å². The first-order valence-electron chi connectivity index (χ1n) is 10.4. The Hall–Kier alpha value is -4.12. The maximum absolute atomic E-state index is 10.6. The minimum absolute atomic E-state index is 0.0770. The molecule has 3 aromatic heterocycles. The fourth-order valence-electron chi connectivity index (χ4n) is 2.79. The van der Waals surface area contributed by atoms with E-state index in [1.807, 2.05) is 35.0 Å². The van der Waals surface area contributed by atoms with E-state index in [0.717, 1.165) is 35.7 Å². The molecule has 0 radical (unpaired) electrons. The molecule has 0 aliphatic carbocycles. The normalized spacial score (nSPS) is 14.7. The predicted molar refractivity (Wildman–Crippen MR) is 115 cm³/mol. The molecular formula is C21H20F6N6O5. The molecular weight excluding hydrogens is 530 g/mol. The Morgan fingerprint density at radius 3 is 2.13 bits per heavy atom. The van der Waals surface area contributed by atoms with E-state index in [-0.39, 0.29) is 6.10 Å². The number of rotatable bonds is 5. The van der Waals surface area contributed by atoms with Crippen molar-refractivity contribution in [3.8, 4) is 11.3 Å². The first-order valence-corrected chi connectivity index (χ1v) is 10.4. The van der Waals surface area contributed by atoms with Gasteiger partial charge in [-0.3, -0.25) is 9.97 Å². The summed E-state index contributed by atoms with van der Waals surface area (Å²) in [5.41, 5.74) is 3.93. The molecule has 1 aliphatic heterocycles. The first kappa shape index (κ1) is 30.1. The lowest BCUT2D eigenvalue weighted by molar-refractivity contribution is -0.193. The summed E-state index contributed by atoms with van der Waals surface area (Å²) in [6, 6.07) is 9.78.